The molecule has 8 nitrogen and oxygen atoms in total. The van der Waals surface area contributed by atoms with Crippen LogP contribution in [0.15, 0.2) is 48.5 Å². The van der Waals surface area contributed by atoms with Gasteiger partial charge in [0, 0.05) is 24.7 Å². The molecular formula is C19H19FN2O6S. The number of nitro groups is 1. The third-order valence-corrected chi connectivity index (χ3v) is 6.37. The standard InChI is InChI=1S/C19H19FN2O6S/c20-15-3-1-2-14(10-15)11-21(17-8-9-29(26,27)13-17)19(23)12-28-18-6-4-16(5-7-18)22(24)25/h1-7,10,17H,8-9,11-13H2. The minimum atomic E-state index is -3.23. The van der Waals surface area contributed by atoms with Crippen LogP contribution in [-0.2, 0) is 21.2 Å². The predicted molar refractivity (Wildman–Crippen MR) is 103 cm³/mol. The average molecular weight is 422 g/mol. The average Bonchev–Trinajstić information content (AvgIpc) is 3.04. The van der Waals surface area contributed by atoms with Crippen molar-refractivity contribution in [1.82, 2.24) is 4.90 Å². The van der Waals surface area contributed by atoms with Gasteiger partial charge >= 0.3 is 0 Å². The van der Waals surface area contributed by atoms with Crippen LogP contribution in [0.3, 0.4) is 0 Å². The second-order valence-electron chi connectivity index (χ2n) is 6.75. The van der Waals surface area contributed by atoms with Crippen molar-refractivity contribution < 1.29 is 27.3 Å². The van der Waals surface area contributed by atoms with E-state index >= 15 is 0 Å². The first-order valence-corrected chi connectivity index (χ1v) is 10.7. The molecule has 1 saturated heterocycles. The molecule has 1 fully saturated rings. The van der Waals surface area contributed by atoms with Gasteiger partial charge in [-0.25, -0.2) is 12.8 Å². The van der Waals surface area contributed by atoms with Crippen molar-refractivity contribution >= 4 is 21.4 Å². The summed E-state index contributed by atoms with van der Waals surface area (Å²) in [5.74, 6) is -0.779. The smallest absolute Gasteiger partial charge is 0.269 e. The highest BCUT2D eigenvalue weighted by Gasteiger charge is 2.34. The molecule has 0 spiro atoms. The molecular weight excluding hydrogens is 403 g/mol. The zero-order valence-corrected chi connectivity index (χ0v) is 16.2. The Morgan fingerprint density at radius 1 is 1.24 bits per heavy atom. The maximum atomic E-state index is 13.5. The molecule has 2 aromatic rings. The van der Waals surface area contributed by atoms with Crippen LogP contribution in [0.25, 0.3) is 0 Å². The van der Waals surface area contributed by atoms with Gasteiger partial charge in [0.25, 0.3) is 11.6 Å². The van der Waals surface area contributed by atoms with Gasteiger partial charge in [-0.2, -0.15) is 0 Å². The lowest BCUT2D eigenvalue weighted by molar-refractivity contribution is -0.384. The maximum Gasteiger partial charge on any atom is 0.269 e. The summed E-state index contributed by atoms with van der Waals surface area (Å²) in [7, 11) is -3.23. The third kappa shape index (κ3) is 5.50. The molecule has 0 aromatic heterocycles. The number of sulfone groups is 1. The van der Waals surface area contributed by atoms with E-state index in [0.717, 1.165) is 0 Å². The second-order valence-corrected chi connectivity index (χ2v) is 8.98. The van der Waals surface area contributed by atoms with E-state index in [9.17, 15) is 27.7 Å². The summed E-state index contributed by atoms with van der Waals surface area (Å²) < 4.78 is 42.6. The van der Waals surface area contributed by atoms with Gasteiger partial charge in [0.05, 0.1) is 16.4 Å². The van der Waals surface area contributed by atoms with Crippen LogP contribution in [0.5, 0.6) is 5.75 Å². The number of amides is 1. The van der Waals surface area contributed by atoms with Crippen molar-refractivity contribution in [2.45, 2.75) is 19.0 Å². The lowest BCUT2D eigenvalue weighted by Crippen LogP contribution is -2.43. The number of carbonyl (C=O) groups is 1. The molecule has 3 rings (SSSR count). The molecule has 2 aromatic carbocycles. The summed E-state index contributed by atoms with van der Waals surface area (Å²) in [4.78, 5) is 24.3. The Hall–Kier alpha value is -3.01. The van der Waals surface area contributed by atoms with Gasteiger partial charge in [-0.05, 0) is 36.2 Å². The second kappa shape index (κ2) is 8.56. The predicted octanol–water partition coefficient (Wildman–Crippen LogP) is 2.33. The number of non-ortho nitro benzene ring substituents is 1. The van der Waals surface area contributed by atoms with E-state index in [1.54, 1.807) is 6.07 Å². The molecule has 29 heavy (non-hydrogen) atoms. The monoisotopic (exact) mass is 422 g/mol. The van der Waals surface area contributed by atoms with E-state index in [0.29, 0.717) is 12.0 Å². The number of nitro benzene ring substituents is 1. The highest BCUT2D eigenvalue weighted by molar-refractivity contribution is 7.91. The fraction of sp³-hybridized carbons (Fsp3) is 0.316. The van der Waals surface area contributed by atoms with Gasteiger partial charge in [-0.3, -0.25) is 14.9 Å². The molecule has 1 atom stereocenters. The number of ether oxygens (including phenoxy) is 1. The Balaban J connectivity index is 1.72. The number of carbonyl (C=O) groups excluding carboxylic acids is 1. The molecule has 0 bridgehead atoms. The van der Waals surface area contributed by atoms with Crippen molar-refractivity contribution in [3.8, 4) is 5.75 Å². The minimum absolute atomic E-state index is 0.00614. The van der Waals surface area contributed by atoms with Crippen LogP contribution in [0.4, 0.5) is 10.1 Å². The number of nitrogens with zero attached hydrogens (tertiary/aromatic N) is 2. The van der Waals surface area contributed by atoms with Crippen LogP contribution >= 0.6 is 0 Å². The third-order valence-electron chi connectivity index (χ3n) is 4.62. The lowest BCUT2D eigenvalue weighted by Gasteiger charge is -2.28. The quantitative estimate of drug-likeness (QED) is 0.501. The van der Waals surface area contributed by atoms with E-state index in [2.05, 4.69) is 0 Å². The molecule has 0 N–H and O–H groups in total. The Bertz CT molecular complexity index is 1010. The molecule has 0 radical (unpaired) electrons. The molecule has 1 aliphatic rings. The molecule has 0 aliphatic carbocycles. The molecule has 1 heterocycles. The van der Waals surface area contributed by atoms with Crippen molar-refractivity contribution in [1.29, 1.82) is 0 Å². The number of hydrogen-bond donors (Lipinski definition) is 0. The zero-order valence-electron chi connectivity index (χ0n) is 15.4. The van der Waals surface area contributed by atoms with Crippen molar-refractivity contribution in [3.05, 3.63) is 70.0 Å². The molecule has 1 amide bonds. The minimum Gasteiger partial charge on any atom is -0.484 e. The fourth-order valence-electron chi connectivity index (χ4n) is 3.17. The topological polar surface area (TPSA) is 107 Å². The molecule has 0 saturated carbocycles. The lowest BCUT2D eigenvalue weighted by atomic mass is 10.1. The molecule has 10 heteroatoms. The summed E-state index contributed by atoms with van der Waals surface area (Å²) >= 11 is 0. The Labute approximate surface area is 167 Å². The van der Waals surface area contributed by atoms with E-state index in [-0.39, 0.29) is 36.1 Å². The van der Waals surface area contributed by atoms with Crippen molar-refractivity contribution in [3.63, 3.8) is 0 Å². The van der Waals surface area contributed by atoms with Gasteiger partial charge in [-0.15, -0.1) is 0 Å². The summed E-state index contributed by atoms with van der Waals surface area (Å²) in [6, 6.07) is 10.5. The fourth-order valence-corrected chi connectivity index (χ4v) is 4.90. The van der Waals surface area contributed by atoms with Gasteiger partial charge in [0.2, 0.25) is 0 Å². The van der Waals surface area contributed by atoms with E-state index in [1.807, 2.05) is 0 Å². The number of benzene rings is 2. The summed E-state index contributed by atoms with van der Waals surface area (Å²) in [6.07, 6.45) is 0.306. The van der Waals surface area contributed by atoms with Gasteiger partial charge in [-0.1, -0.05) is 12.1 Å². The van der Waals surface area contributed by atoms with Crippen LogP contribution in [0, 0.1) is 15.9 Å². The highest BCUT2D eigenvalue weighted by Crippen LogP contribution is 2.22. The molecule has 154 valence electrons. The van der Waals surface area contributed by atoms with E-state index in [1.165, 1.54) is 47.4 Å². The number of hydrogen-bond acceptors (Lipinski definition) is 6. The Morgan fingerprint density at radius 3 is 2.55 bits per heavy atom. The molecule has 1 unspecified atom stereocenters. The van der Waals surface area contributed by atoms with Crippen molar-refractivity contribution in [2.24, 2.45) is 0 Å². The van der Waals surface area contributed by atoms with Crippen LogP contribution in [0.1, 0.15) is 12.0 Å². The Morgan fingerprint density at radius 2 is 1.97 bits per heavy atom. The first-order valence-electron chi connectivity index (χ1n) is 8.85. The first-order chi connectivity index (χ1) is 13.7. The van der Waals surface area contributed by atoms with E-state index < -0.39 is 32.5 Å². The van der Waals surface area contributed by atoms with Gasteiger partial charge < -0.3 is 9.64 Å². The zero-order chi connectivity index (χ0) is 21.0. The normalized spacial score (nSPS) is 17.6. The first kappa shape index (κ1) is 20.7. The number of rotatable bonds is 7. The van der Waals surface area contributed by atoms with Crippen LogP contribution in [-0.4, -0.2) is 48.3 Å². The van der Waals surface area contributed by atoms with Crippen LogP contribution < -0.4 is 4.74 Å². The maximum absolute atomic E-state index is 13.5. The largest absolute Gasteiger partial charge is 0.484 e. The van der Waals surface area contributed by atoms with Gasteiger partial charge in [0.15, 0.2) is 16.4 Å². The van der Waals surface area contributed by atoms with Gasteiger partial charge in [0.1, 0.15) is 11.6 Å². The summed E-state index contributed by atoms with van der Waals surface area (Å²) in [6.45, 7) is -0.315. The van der Waals surface area contributed by atoms with Crippen molar-refractivity contribution in [2.75, 3.05) is 18.1 Å². The Kier molecular flexibility index (Phi) is 6.12. The highest BCUT2D eigenvalue weighted by atomic mass is 32.2. The summed E-state index contributed by atoms with van der Waals surface area (Å²) in [5, 5.41) is 10.7. The molecule has 1 aliphatic heterocycles. The van der Waals surface area contributed by atoms with E-state index in [4.69, 9.17) is 4.74 Å². The van der Waals surface area contributed by atoms with Crippen LogP contribution in [0.2, 0.25) is 0 Å². The summed E-state index contributed by atoms with van der Waals surface area (Å²) in [5.41, 5.74) is 0.436. The number of halogens is 1. The SMILES string of the molecule is O=C(COc1ccc([N+](=O)[O-])cc1)N(Cc1cccc(F)c1)C1CCS(=O)(=O)C1.